The molecule has 2 heterocycles. The zero-order chi connectivity index (χ0) is 23.4. The highest BCUT2D eigenvalue weighted by molar-refractivity contribution is 7.89. The second-order valence-corrected chi connectivity index (χ2v) is 9.96. The van der Waals surface area contributed by atoms with Crippen molar-refractivity contribution in [1.82, 2.24) is 9.29 Å². The summed E-state index contributed by atoms with van der Waals surface area (Å²) < 4.78 is 43.2. The molecule has 0 radical (unpaired) electrons. The van der Waals surface area contributed by atoms with E-state index in [9.17, 15) is 13.2 Å². The molecule has 0 unspecified atom stereocenters. The van der Waals surface area contributed by atoms with Crippen molar-refractivity contribution >= 4 is 27.6 Å². The Balaban J connectivity index is 1.29. The number of rotatable bonds is 7. The van der Waals surface area contributed by atoms with E-state index in [0.29, 0.717) is 29.4 Å². The third kappa shape index (κ3) is 5.38. The first-order valence-corrected chi connectivity index (χ1v) is 12.2. The summed E-state index contributed by atoms with van der Waals surface area (Å²) in [6.45, 7) is 0.401. The van der Waals surface area contributed by atoms with Gasteiger partial charge in [-0.05, 0) is 61.4 Å². The monoisotopic (exact) mass is 490 g/mol. The fourth-order valence-electron chi connectivity index (χ4n) is 3.60. The van der Waals surface area contributed by atoms with Crippen LogP contribution in [-0.4, -0.2) is 43.9 Å². The summed E-state index contributed by atoms with van der Waals surface area (Å²) in [5.74, 6) is 0.657. The van der Waals surface area contributed by atoms with Crippen LogP contribution in [0.4, 0.5) is 0 Å². The summed E-state index contributed by atoms with van der Waals surface area (Å²) in [7, 11) is -2.10. The Bertz CT molecular complexity index is 1200. The van der Waals surface area contributed by atoms with Gasteiger partial charge in [-0.2, -0.15) is 4.31 Å². The van der Waals surface area contributed by atoms with Crippen molar-refractivity contribution in [1.29, 1.82) is 0 Å². The molecule has 0 N–H and O–H groups in total. The molecule has 33 heavy (non-hydrogen) atoms. The third-order valence-electron chi connectivity index (χ3n) is 5.50. The Kier molecular flexibility index (Phi) is 7.02. The number of halogens is 1. The van der Waals surface area contributed by atoms with Crippen LogP contribution in [0.25, 0.3) is 11.3 Å². The number of aromatic nitrogens is 1. The average molecular weight is 491 g/mol. The van der Waals surface area contributed by atoms with Crippen molar-refractivity contribution in [2.24, 2.45) is 5.92 Å². The molecule has 1 saturated heterocycles. The summed E-state index contributed by atoms with van der Waals surface area (Å²) in [5.41, 5.74) is 0.815. The molecule has 0 amide bonds. The van der Waals surface area contributed by atoms with Crippen molar-refractivity contribution in [3.8, 4) is 17.1 Å². The number of sulfonamides is 1. The molecule has 1 aliphatic rings. The van der Waals surface area contributed by atoms with E-state index in [4.69, 9.17) is 25.5 Å². The molecule has 3 aromatic rings. The largest absolute Gasteiger partial charge is 0.497 e. The SMILES string of the molecule is COc1ccc(S(=O)(=O)N2CCC(C(=O)OCc3ncc(-c4ccc(Cl)cc4)o3)CC2)cc1. The second-order valence-electron chi connectivity index (χ2n) is 7.59. The van der Waals surface area contributed by atoms with Crippen LogP contribution < -0.4 is 4.74 Å². The van der Waals surface area contributed by atoms with E-state index in [-0.39, 0.29) is 42.4 Å². The minimum Gasteiger partial charge on any atom is -0.497 e. The van der Waals surface area contributed by atoms with Crippen LogP contribution in [-0.2, 0) is 26.2 Å². The predicted molar refractivity (Wildman–Crippen MR) is 121 cm³/mol. The van der Waals surface area contributed by atoms with Crippen LogP contribution in [0.2, 0.25) is 5.02 Å². The van der Waals surface area contributed by atoms with Gasteiger partial charge in [0.05, 0.1) is 24.1 Å². The predicted octanol–water partition coefficient (Wildman–Crippen LogP) is 4.15. The number of hydrogen-bond donors (Lipinski definition) is 0. The lowest BCUT2D eigenvalue weighted by atomic mass is 9.98. The summed E-state index contributed by atoms with van der Waals surface area (Å²) in [6.07, 6.45) is 2.33. The smallest absolute Gasteiger partial charge is 0.309 e. The highest BCUT2D eigenvalue weighted by atomic mass is 35.5. The van der Waals surface area contributed by atoms with E-state index in [0.717, 1.165) is 5.56 Å². The molecule has 1 aliphatic heterocycles. The summed E-state index contributed by atoms with van der Waals surface area (Å²) in [5, 5.41) is 0.621. The first-order chi connectivity index (χ1) is 15.9. The van der Waals surface area contributed by atoms with E-state index >= 15 is 0 Å². The molecule has 0 aliphatic carbocycles. The van der Waals surface area contributed by atoms with E-state index < -0.39 is 10.0 Å². The van der Waals surface area contributed by atoms with Gasteiger partial charge in [0.15, 0.2) is 12.4 Å². The van der Waals surface area contributed by atoms with Gasteiger partial charge in [-0.15, -0.1) is 0 Å². The molecule has 0 spiro atoms. The number of carbonyl (C=O) groups is 1. The summed E-state index contributed by atoms with van der Waals surface area (Å²) >= 11 is 5.89. The summed E-state index contributed by atoms with van der Waals surface area (Å²) in [6, 6.07) is 13.4. The highest BCUT2D eigenvalue weighted by Crippen LogP contribution is 2.27. The molecule has 10 heteroatoms. The van der Waals surface area contributed by atoms with Crippen molar-refractivity contribution in [3.63, 3.8) is 0 Å². The maximum atomic E-state index is 12.9. The number of methoxy groups -OCH3 is 1. The highest BCUT2D eigenvalue weighted by Gasteiger charge is 2.33. The molecule has 1 fully saturated rings. The zero-order valence-corrected chi connectivity index (χ0v) is 19.5. The number of esters is 1. The number of hydrogen-bond acceptors (Lipinski definition) is 7. The van der Waals surface area contributed by atoms with Gasteiger partial charge in [0.1, 0.15) is 5.75 Å². The minimum absolute atomic E-state index is 0.0865. The molecule has 8 nitrogen and oxygen atoms in total. The Morgan fingerprint density at radius 1 is 1.12 bits per heavy atom. The quantitative estimate of drug-likeness (QED) is 0.459. The van der Waals surface area contributed by atoms with Crippen LogP contribution in [0.15, 0.2) is 64.0 Å². The van der Waals surface area contributed by atoms with Crippen molar-refractivity contribution in [2.75, 3.05) is 20.2 Å². The number of piperidine rings is 1. The lowest BCUT2D eigenvalue weighted by molar-refractivity contribution is -0.151. The topological polar surface area (TPSA) is 98.9 Å². The first kappa shape index (κ1) is 23.3. The van der Waals surface area contributed by atoms with Crippen molar-refractivity contribution in [3.05, 3.63) is 65.6 Å². The van der Waals surface area contributed by atoms with Gasteiger partial charge in [-0.3, -0.25) is 4.79 Å². The maximum absolute atomic E-state index is 12.9. The van der Waals surface area contributed by atoms with Crippen LogP contribution in [0, 0.1) is 5.92 Å². The minimum atomic E-state index is -3.63. The van der Waals surface area contributed by atoms with Gasteiger partial charge in [-0.25, -0.2) is 13.4 Å². The Morgan fingerprint density at radius 3 is 2.42 bits per heavy atom. The molecule has 0 saturated carbocycles. The lowest BCUT2D eigenvalue weighted by Gasteiger charge is -2.30. The second kappa shape index (κ2) is 9.94. The van der Waals surface area contributed by atoms with Gasteiger partial charge in [-0.1, -0.05) is 11.6 Å². The number of nitrogens with zero attached hydrogens (tertiary/aromatic N) is 2. The maximum Gasteiger partial charge on any atom is 0.309 e. The van der Waals surface area contributed by atoms with Crippen molar-refractivity contribution < 1.29 is 27.1 Å². The molecule has 0 atom stereocenters. The third-order valence-corrected chi connectivity index (χ3v) is 7.67. The molecular formula is C23H23ClN2O6S. The van der Waals surface area contributed by atoms with Crippen LogP contribution in [0.3, 0.4) is 0 Å². The van der Waals surface area contributed by atoms with Gasteiger partial charge in [0.25, 0.3) is 0 Å². The molecular weight excluding hydrogens is 468 g/mol. The van der Waals surface area contributed by atoms with Gasteiger partial charge < -0.3 is 13.9 Å². The average Bonchev–Trinajstić information content (AvgIpc) is 3.32. The fourth-order valence-corrected chi connectivity index (χ4v) is 5.20. The molecule has 174 valence electrons. The standard InChI is InChI=1S/C23H23ClN2O6S/c1-30-19-6-8-20(9-7-19)33(28,29)26-12-10-17(11-13-26)23(27)31-15-22-25-14-21(32-22)16-2-4-18(24)5-3-16/h2-9,14,17H,10-13,15H2,1H3. The van der Waals surface area contributed by atoms with Crippen LogP contribution in [0.5, 0.6) is 5.75 Å². The molecule has 0 bridgehead atoms. The van der Waals surface area contributed by atoms with Crippen molar-refractivity contribution in [2.45, 2.75) is 24.3 Å². The Labute approximate surface area is 197 Å². The number of ether oxygens (including phenoxy) is 2. The van der Waals surface area contributed by atoms with Gasteiger partial charge >= 0.3 is 5.97 Å². The molecule has 1 aromatic heterocycles. The number of carbonyl (C=O) groups excluding carboxylic acids is 1. The fraction of sp³-hybridized carbons (Fsp3) is 0.304. The first-order valence-electron chi connectivity index (χ1n) is 10.4. The van der Waals surface area contributed by atoms with E-state index in [1.165, 1.54) is 23.5 Å². The molecule has 4 rings (SSSR count). The molecule has 2 aromatic carbocycles. The van der Waals surface area contributed by atoms with Crippen LogP contribution >= 0.6 is 11.6 Å². The zero-order valence-electron chi connectivity index (χ0n) is 17.9. The van der Waals surface area contributed by atoms with E-state index in [2.05, 4.69) is 4.98 Å². The van der Waals surface area contributed by atoms with Gasteiger partial charge in [0.2, 0.25) is 15.9 Å². The van der Waals surface area contributed by atoms with Crippen LogP contribution in [0.1, 0.15) is 18.7 Å². The summed E-state index contributed by atoms with van der Waals surface area (Å²) in [4.78, 5) is 16.8. The number of benzene rings is 2. The van der Waals surface area contributed by atoms with E-state index in [1.54, 1.807) is 30.5 Å². The lowest BCUT2D eigenvalue weighted by Crippen LogP contribution is -2.40. The number of oxazole rings is 1. The Morgan fingerprint density at radius 2 is 1.79 bits per heavy atom. The normalized spacial score (nSPS) is 15.3. The van der Waals surface area contributed by atoms with Gasteiger partial charge in [0, 0.05) is 23.7 Å². The van der Waals surface area contributed by atoms with E-state index in [1.807, 2.05) is 12.1 Å². The Hall–Kier alpha value is -2.88.